The third kappa shape index (κ3) is 4.06. The number of amides is 2. The van der Waals surface area contributed by atoms with Gasteiger partial charge in [0.25, 0.3) is 5.91 Å². The minimum absolute atomic E-state index is 0.0833. The van der Waals surface area contributed by atoms with Gasteiger partial charge in [0.15, 0.2) is 10.4 Å². The number of fused-ring (bicyclic) bond motifs is 2. The number of hydrogen-bond donors (Lipinski definition) is 2. The number of para-hydroxylation sites is 1. The lowest BCUT2D eigenvalue weighted by Gasteiger charge is -2.23. The number of carbonyl (C=O) groups excluding carboxylic acids is 2. The number of thiazole rings is 1. The van der Waals surface area contributed by atoms with Gasteiger partial charge in [0.1, 0.15) is 5.75 Å². The molecule has 2 amide bonds. The van der Waals surface area contributed by atoms with E-state index in [1.807, 2.05) is 24.3 Å². The molecule has 6 nitrogen and oxygen atoms in total. The minimum Gasteiger partial charge on any atom is -0.479 e. The van der Waals surface area contributed by atoms with Crippen LogP contribution in [0.15, 0.2) is 46.8 Å². The molecule has 3 aromatic rings. The lowest BCUT2D eigenvalue weighted by atomic mass is 10.2. The number of benzene rings is 2. The van der Waals surface area contributed by atoms with Crippen molar-refractivity contribution in [1.29, 1.82) is 0 Å². The third-order valence-corrected chi connectivity index (χ3v) is 6.20. The van der Waals surface area contributed by atoms with E-state index in [4.69, 9.17) is 4.74 Å². The van der Waals surface area contributed by atoms with Crippen molar-refractivity contribution in [3.05, 3.63) is 42.5 Å². The molecule has 8 heteroatoms. The number of aromatic nitrogens is 1. The molecule has 0 radical (unpaired) electrons. The largest absolute Gasteiger partial charge is 0.479 e. The molecule has 0 unspecified atom stereocenters. The zero-order chi connectivity index (χ0) is 18.8. The van der Waals surface area contributed by atoms with Crippen molar-refractivity contribution >= 4 is 56.5 Å². The van der Waals surface area contributed by atoms with Crippen LogP contribution in [0.25, 0.3) is 10.2 Å². The highest BCUT2D eigenvalue weighted by Crippen LogP contribution is 2.32. The predicted octanol–water partition coefficient (Wildman–Crippen LogP) is 4.14. The number of rotatable bonds is 5. The Hall–Kier alpha value is -2.58. The lowest BCUT2D eigenvalue weighted by molar-refractivity contribution is -0.122. The van der Waals surface area contributed by atoms with Gasteiger partial charge in [-0.2, -0.15) is 0 Å². The van der Waals surface area contributed by atoms with Gasteiger partial charge >= 0.3 is 0 Å². The second-order valence-corrected chi connectivity index (χ2v) is 8.43. The Kier molecular flexibility index (Phi) is 5.00. The molecule has 0 aliphatic carbocycles. The maximum atomic E-state index is 12.2. The van der Waals surface area contributed by atoms with E-state index in [1.165, 1.54) is 0 Å². The first kappa shape index (κ1) is 17.8. The van der Waals surface area contributed by atoms with E-state index in [1.54, 1.807) is 48.2 Å². The maximum absolute atomic E-state index is 12.2. The SMILES string of the molecule is C[C@H]1Oc2ccc(NC(=O)CCSc3nc4ccccc4s3)cc2NC1=O. The van der Waals surface area contributed by atoms with Gasteiger partial charge in [-0.25, -0.2) is 4.98 Å². The summed E-state index contributed by atoms with van der Waals surface area (Å²) in [4.78, 5) is 28.4. The molecule has 138 valence electrons. The number of carbonyl (C=O) groups is 2. The summed E-state index contributed by atoms with van der Waals surface area (Å²) in [7, 11) is 0. The number of nitrogens with zero attached hydrogens (tertiary/aromatic N) is 1. The Labute approximate surface area is 164 Å². The topological polar surface area (TPSA) is 80.3 Å². The summed E-state index contributed by atoms with van der Waals surface area (Å²) in [5.74, 6) is 0.971. The molecule has 0 fully saturated rings. The Balaban J connectivity index is 1.31. The van der Waals surface area contributed by atoms with Gasteiger partial charge in [0, 0.05) is 17.9 Å². The van der Waals surface area contributed by atoms with Crippen molar-refractivity contribution < 1.29 is 14.3 Å². The van der Waals surface area contributed by atoms with Crippen molar-refractivity contribution in [2.45, 2.75) is 23.8 Å². The number of hydrogen-bond acceptors (Lipinski definition) is 6. The molecule has 0 saturated heterocycles. The molecule has 1 aromatic heterocycles. The van der Waals surface area contributed by atoms with Crippen LogP contribution in [0.1, 0.15) is 13.3 Å². The fraction of sp³-hybridized carbons (Fsp3) is 0.211. The van der Waals surface area contributed by atoms with Crippen molar-refractivity contribution in [3.8, 4) is 5.75 Å². The molecule has 2 aromatic carbocycles. The Morgan fingerprint density at radius 1 is 1.33 bits per heavy atom. The molecule has 1 aliphatic rings. The van der Waals surface area contributed by atoms with Gasteiger partial charge in [-0.3, -0.25) is 9.59 Å². The highest BCUT2D eigenvalue weighted by atomic mass is 32.2. The van der Waals surface area contributed by atoms with Crippen LogP contribution in [0.5, 0.6) is 5.75 Å². The first-order valence-corrected chi connectivity index (χ1v) is 10.3. The third-order valence-electron chi connectivity index (χ3n) is 4.02. The van der Waals surface area contributed by atoms with E-state index in [9.17, 15) is 9.59 Å². The molecule has 1 atom stereocenters. The van der Waals surface area contributed by atoms with Crippen LogP contribution in [0.3, 0.4) is 0 Å². The second kappa shape index (κ2) is 7.58. The minimum atomic E-state index is -0.516. The van der Waals surface area contributed by atoms with Gasteiger partial charge in [-0.1, -0.05) is 23.9 Å². The molecule has 4 rings (SSSR count). The number of thioether (sulfide) groups is 1. The average Bonchev–Trinajstić information content (AvgIpc) is 3.05. The molecule has 0 saturated carbocycles. The Morgan fingerprint density at radius 3 is 3.04 bits per heavy atom. The van der Waals surface area contributed by atoms with Gasteiger partial charge in [-0.15, -0.1) is 11.3 Å². The van der Waals surface area contributed by atoms with Crippen LogP contribution in [0, 0.1) is 0 Å². The van der Waals surface area contributed by atoms with E-state index in [0.29, 0.717) is 29.3 Å². The van der Waals surface area contributed by atoms with Crippen LogP contribution in [0.2, 0.25) is 0 Å². The maximum Gasteiger partial charge on any atom is 0.265 e. The molecule has 2 heterocycles. The van der Waals surface area contributed by atoms with E-state index < -0.39 is 6.10 Å². The number of nitrogens with one attached hydrogen (secondary N) is 2. The van der Waals surface area contributed by atoms with E-state index in [0.717, 1.165) is 14.6 Å². The summed E-state index contributed by atoms with van der Waals surface area (Å²) in [5, 5.41) is 5.63. The summed E-state index contributed by atoms with van der Waals surface area (Å²) < 4.78 is 7.62. The average molecular weight is 399 g/mol. The highest BCUT2D eigenvalue weighted by Gasteiger charge is 2.23. The van der Waals surface area contributed by atoms with Crippen molar-refractivity contribution in [1.82, 2.24) is 4.98 Å². The fourth-order valence-electron chi connectivity index (χ4n) is 2.65. The van der Waals surface area contributed by atoms with Gasteiger partial charge in [0.05, 0.1) is 15.9 Å². The van der Waals surface area contributed by atoms with Crippen molar-refractivity contribution in [3.63, 3.8) is 0 Å². The normalized spacial score (nSPS) is 15.7. The van der Waals surface area contributed by atoms with Gasteiger partial charge < -0.3 is 15.4 Å². The van der Waals surface area contributed by atoms with Crippen LogP contribution in [0.4, 0.5) is 11.4 Å². The molecule has 2 N–H and O–H groups in total. The molecule has 27 heavy (non-hydrogen) atoms. The Morgan fingerprint density at radius 2 is 2.19 bits per heavy atom. The van der Waals surface area contributed by atoms with E-state index >= 15 is 0 Å². The molecular formula is C19H17N3O3S2. The molecule has 1 aliphatic heterocycles. The summed E-state index contributed by atoms with van der Waals surface area (Å²) in [6, 6.07) is 13.2. The molecule has 0 bridgehead atoms. The summed E-state index contributed by atoms with van der Waals surface area (Å²) >= 11 is 3.21. The fourth-order valence-corrected chi connectivity index (χ4v) is 4.73. The van der Waals surface area contributed by atoms with Crippen LogP contribution in [-0.2, 0) is 9.59 Å². The van der Waals surface area contributed by atoms with Crippen LogP contribution < -0.4 is 15.4 Å². The number of anilines is 2. The quantitative estimate of drug-likeness (QED) is 0.631. The summed E-state index contributed by atoms with van der Waals surface area (Å²) in [5.41, 5.74) is 2.18. The molecule has 0 spiro atoms. The van der Waals surface area contributed by atoms with Gasteiger partial charge in [-0.05, 0) is 37.3 Å². The van der Waals surface area contributed by atoms with Crippen molar-refractivity contribution in [2.75, 3.05) is 16.4 Å². The molecular weight excluding hydrogens is 382 g/mol. The zero-order valence-corrected chi connectivity index (χ0v) is 16.2. The first-order valence-electron chi connectivity index (χ1n) is 8.48. The monoisotopic (exact) mass is 399 g/mol. The Bertz CT molecular complexity index is 985. The second-order valence-electron chi connectivity index (χ2n) is 6.05. The summed E-state index contributed by atoms with van der Waals surface area (Å²) in [6.07, 6.45) is -0.144. The lowest BCUT2D eigenvalue weighted by Crippen LogP contribution is -2.34. The van der Waals surface area contributed by atoms with Crippen molar-refractivity contribution in [2.24, 2.45) is 0 Å². The van der Waals surface area contributed by atoms with E-state index in [2.05, 4.69) is 15.6 Å². The standard InChI is InChI=1S/C19H17N3O3S2/c1-11-18(24)21-14-10-12(6-7-15(14)25-11)20-17(23)8-9-26-19-22-13-4-2-3-5-16(13)27-19/h2-7,10-11H,8-9H2,1H3,(H,20,23)(H,21,24)/t11-/m1/s1. The predicted molar refractivity (Wildman–Crippen MR) is 109 cm³/mol. The first-order chi connectivity index (χ1) is 13.1. The summed E-state index contributed by atoms with van der Waals surface area (Å²) in [6.45, 7) is 1.69. The van der Waals surface area contributed by atoms with Crippen LogP contribution in [-0.4, -0.2) is 28.7 Å². The zero-order valence-electron chi connectivity index (χ0n) is 14.5. The van der Waals surface area contributed by atoms with E-state index in [-0.39, 0.29) is 11.8 Å². The smallest absolute Gasteiger partial charge is 0.265 e. The van der Waals surface area contributed by atoms with Crippen LogP contribution >= 0.6 is 23.1 Å². The highest BCUT2D eigenvalue weighted by molar-refractivity contribution is 8.01. The van der Waals surface area contributed by atoms with Gasteiger partial charge in [0.2, 0.25) is 5.91 Å². The number of ether oxygens (including phenoxy) is 1.